The molecule has 1 heterocycles. The average molecular weight is 319 g/mol. The zero-order chi connectivity index (χ0) is 16.5. The molecule has 2 amide bonds. The van der Waals surface area contributed by atoms with E-state index in [1.807, 2.05) is 24.3 Å². The monoisotopic (exact) mass is 319 g/mol. The number of urea groups is 1. The van der Waals surface area contributed by atoms with Crippen LogP contribution in [0.2, 0.25) is 0 Å². The van der Waals surface area contributed by atoms with Gasteiger partial charge in [-0.1, -0.05) is 31.2 Å². The number of carbonyl (C=O) groups is 1. The van der Waals surface area contributed by atoms with Crippen molar-refractivity contribution in [2.75, 3.05) is 32.7 Å². The van der Waals surface area contributed by atoms with Crippen molar-refractivity contribution in [3.63, 3.8) is 0 Å². The average Bonchev–Trinajstić information content (AvgIpc) is 2.55. The van der Waals surface area contributed by atoms with Crippen LogP contribution in [-0.4, -0.2) is 48.8 Å². The maximum absolute atomic E-state index is 11.8. The Kier molecular flexibility index (Phi) is 7.36. The highest BCUT2D eigenvalue weighted by molar-refractivity contribution is 5.73. The molecule has 0 saturated carbocycles. The Bertz CT molecular complexity index is 476. The van der Waals surface area contributed by atoms with Gasteiger partial charge in [0.15, 0.2) is 0 Å². The van der Waals surface area contributed by atoms with Gasteiger partial charge in [-0.25, -0.2) is 4.79 Å². The second-order valence-electron chi connectivity index (χ2n) is 6.46. The zero-order valence-electron chi connectivity index (χ0n) is 14.1. The normalized spacial score (nSPS) is 18.6. The Labute approximate surface area is 139 Å². The van der Waals surface area contributed by atoms with E-state index in [4.69, 9.17) is 5.11 Å². The van der Waals surface area contributed by atoms with Crippen LogP contribution in [-0.2, 0) is 13.0 Å². The molecule has 1 aliphatic rings. The number of likely N-dealkylation sites (tertiary alicyclic amines) is 1. The van der Waals surface area contributed by atoms with Gasteiger partial charge in [0.05, 0.1) is 6.61 Å². The molecule has 0 radical (unpaired) electrons. The van der Waals surface area contributed by atoms with E-state index in [1.165, 1.54) is 12.8 Å². The SMILES string of the molecule is CC1CCCN(CCNC(=O)NCCc2ccc(CO)cc2)C1. The van der Waals surface area contributed by atoms with Gasteiger partial charge in [-0.2, -0.15) is 0 Å². The molecule has 0 bridgehead atoms. The first-order valence-corrected chi connectivity index (χ1v) is 8.60. The number of piperidine rings is 1. The van der Waals surface area contributed by atoms with E-state index < -0.39 is 0 Å². The Hall–Kier alpha value is -1.59. The van der Waals surface area contributed by atoms with Crippen LogP contribution < -0.4 is 10.6 Å². The molecule has 1 fully saturated rings. The summed E-state index contributed by atoms with van der Waals surface area (Å²) < 4.78 is 0. The summed E-state index contributed by atoms with van der Waals surface area (Å²) in [7, 11) is 0. The van der Waals surface area contributed by atoms with Crippen molar-refractivity contribution in [3.8, 4) is 0 Å². The largest absolute Gasteiger partial charge is 0.392 e. The quantitative estimate of drug-likeness (QED) is 0.717. The van der Waals surface area contributed by atoms with Crippen molar-refractivity contribution in [1.29, 1.82) is 0 Å². The molecule has 128 valence electrons. The van der Waals surface area contributed by atoms with Crippen molar-refractivity contribution in [2.24, 2.45) is 5.92 Å². The van der Waals surface area contributed by atoms with Gasteiger partial charge in [-0.05, 0) is 42.9 Å². The molecule has 5 heteroatoms. The van der Waals surface area contributed by atoms with Crippen LogP contribution >= 0.6 is 0 Å². The molecule has 1 aromatic carbocycles. The van der Waals surface area contributed by atoms with E-state index in [9.17, 15) is 4.79 Å². The van der Waals surface area contributed by atoms with Crippen LogP contribution in [0.25, 0.3) is 0 Å². The van der Waals surface area contributed by atoms with Crippen molar-refractivity contribution < 1.29 is 9.90 Å². The Morgan fingerprint density at radius 3 is 2.61 bits per heavy atom. The fourth-order valence-electron chi connectivity index (χ4n) is 3.01. The van der Waals surface area contributed by atoms with E-state index >= 15 is 0 Å². The third-order valence-corrected chi connectivity index (χ3v) is 4.36. The van der Waals surface area contributed by atoms with Crippen LogP contribution in [0, 0.1) is 5.92 Å². The fourth-order valence-corrected chi connectivity index (χ4v) is 3.01. The number of rotatable bonds is 7. The third kappa shape index (κ3) is 6.59. The minimum Gasteiger partial charge on any atom is -0.392 e. The van der Waals surface area contributed by atoms with Gasteiger partial charge >= 0.3 is 6.03 Å². The number of hydrogen-bond acceptors (Lipinski definition) is 3. The third-order valence-electron chi connectivity index (χ3n) is 4.36. The summed E-state index contributed by atoms with van der Waals surface area (Å²) in [5.41, 5.74) is 2.07. The minimum absolute atomic E-state index is 0.0662. The van der Waals surface area contributed by atoms with Gasteiger partial charge in [0.25, 0.3) is 0 Å². The van der Waals surface area contributed by atoms with Gasteiger partial charge in [-0.3, -0.25) is 0 Å². The number of hydrogen-bond donors (Lipinski definition) is 3. The molecular formula is C18H29N3O2. The number of nitrogens with one attached hydrogen (secondary N) is 2. The summed E-state index contributed by atoms with van der Waals surface area (Å²) >= 11 is 0. The second kappa shape index (κ2) is 9.53. The summed E-state index contributed by atoms with van der Waals surface area (Å²) in [6, 6.07) is 7.71. The van der Waals surface area contributed by atoms with Crippen molar-refractivity contribution >= 4 is 6.03 Å². The lowest BCUT2D eigenvalue weighted by Gasteiger charge is -2.30. The van der Waals surface area contributed by atoms with Crippen LogP contribution in [0.3, 0.4) is 0 Å². The molecule has 1 unspecified atom stereocenters. The highest BCUT2D eigenvalue weighted by Gasteiger charge is 2.15. The molecule has 1 atom stereocenters. The first kappa shape index (κ1) is 17.8. The lowest BCUT2D eigenvalue weighted by molar-refractivity contribution is 0.184. The van der Waals surface area contributed by atoms with Crippen LogP contribution in [0.15, 0.2) is 24.3 Å². The van der Waals surface area contributed by atoms with E-state index in [0.717, 1.165) is 43.1 Å². The molecule has 5 nitrogen and oxygen atoms in total. The van der Waals surface area contributed by atoms with Gasteiger partial charge in [0.1, 0.15) is 0 Å². The maximum Gasteiger partial charge on any atom is 0.314 e. The van der Waals surface area contributed by atoms with Gasteiger partial charge in [-0.15, -0.1) is 0 Å². The molecule has 23 heavy (non-hydrogen) atoms. The topological polar surface area (TPSA) is 64.6 Å². The predicted octanol–water partition coefficient (Wildman–Crippen LogP) is 1.75. The summed E-state index contributed by atoms with van der Waals surface area (Å²) in [5, 5.41) is 14.8. The highest BCUT2D eigenvalue weighted by Crippen LogP contribution is 2.14. The van der Waals surface area contributed by atoms with Crippen LogP contribution in [0.1, 0.15) is 30.9 Å². The molecule has 0 spiro atoms. The Morgan fingerprint density at radius 2 is 1.91 bits per heavy atom. The fraction of sp³-hybridized carbons (Fsp3) is 0.611. The predicted molar refractivity (Wildman–Crippen MR) is 92.3 cm³/mol. The standard InChI is InChI=1S/C18H29N3O2/c1-15-3-2-11-21(13-15)12-10-20-18(23)19-9-8-16-4-6-17(14-22)7-5-16/h4-7,15,22H,2-3,8-14H2,1H3,(H2,19,20,23). The summed E-state index contributed by atoms with van der Waals surface area (Å²) in [6.45, 7) is 6.90. The van der Waals surface area contributed by atoms with E-state index in [-0.39, 0.29) is 12.6 Å². The summed E-state index contributed by atoms with van der Waals surface area (Å²) in [6.07, 6.45) is 3.38. The molecule has 2 rings (SSSR count). The number of amides is 2. The molecule has 1 saturated heterocycles. The van der Waals surface area contributed by atoms with Gasteiger partial charge < -0.3 is 20.6 Å². The van der Waals surface area contributed by atoms with Crippen LogP contribution in [0.4, 0.5) is 4.79 Å². The molecule has 3 N–H and O–H groups in total. The highest BCUT2D eigenvalue weighted by atomic mass is 16.3. The van der Waals surface area contributed by atoms with Crippen molar-refractivity contribution in [1.82, 2.24) is 15.5 Å². The molecule has 1 aromatic rings. The zero-order valence-corrected chi connectivity index (χ0v) is 14.1. The summed E-state index contributed by atoms with van der Waals surface area (Å²) in [4.78, 5) is 14.2. The molecule has 0 aliphatic carbocycles. The number of aliphatic hydroxyl groups is 1. The molecule has 1 aliphatic heterocycles. The second-order valence-corrected chi connectivity index (χ2v) is 6.46. The van der Waals surface area contributed by atoms with Crippen molar-refractivity contribution in [3.05, 3.63) is 35.4 Å². The van der Waals surface area contributed by atoms with E-state index in [0.29, 0.717) is 13.1 Å². The number of carbonyl (C=O) groups excluding carboxylic acids is 1. The lowest BCUT2D eigenvalue weighted by Crippen LogP contribution is -2.43. The Morgan fingerprint density at radius 1 is 1.22 bits per heavy atom. The van der Waals surface area contributed by atoms with Gasteiger partial charge in [0.2, 0.25) is 0 Å². The van der Waals surface area contributed by atoms with E-state index in [1.54, 1.807) is 0 Å². The first-order valence-electron chi connectivity index (χ1n) is 8.60. The number of aliphatic hydroxyl groups excluding tert-OH is 1. The Balaban J connectivity index is 1.56. The summed E-state index contributed by atoms with van der Waals surface area (Å²) in [5.74, 6) is 0.773. The maximum atomic E-state index is 11.8. The molecular weight excluding hydrogens is 290 g/mol. The smallest absolute Gasteiger partial charge is 0.314 e. The van der Waals surface area contributed by atoms with Crippen LogP contribution in [0.5, 0.6) is 0 Å². The van der Waals surface area contributed by atoms with Gasteiger partial charge in [0, 0.05) is 26.2 Å². The van der Waals surface area contributed by atoms with Crippen molar-refractivity contribution in [2.45, 2.75) is 32.8 Å². The number of nitrogens with zero attached hydrogens (tertiary/aromatic N) is 1. The lowest BCUT2D eigenvalue weighted by atomic mass is 10.0. The van der Waals surface area contributed by atoms with E-state index in [2.05, 4.69) is 22.5 Å². The molecule has 0 aromatic heterocycles. The minimum atomic E-state index is -0.0953. The first-order chi connectivity index (χ1) is 11.2. The number of benzene rings is 1.